The molecule has 5 rings (SSSR count). The minimum Gasteiger partial charge on any atom is -0.477 e. The predicted octanol–water partition coefficient (Wildman–Crippen LogP) is 1.88. The zero-order valence-corrected chi connectivity index (χ0v) is 12.6. The molecule has 6 heteroatoms. The van der Waals surface area contributed by atoms with E-state index in [0.717, 1.165) is 23.6 Å². The topological polar surface area (TPSA) is 75.4 Å². The van der Waals surface area contributed by atoms with E-state index in [0.29, 0.717) is 12.0 Å². The summed E-state index contributed by atoms with van der Waals surface area (Å²) in [6.45, 7) is 0.788. The summed E-state index contributed by atoms with van der Waals surface area (Å²) in [5.41, 5.74) is 3.83. The van der Waals surface area contributed by atoms with Crippen molar-refractivity contribution in [3.05, 3.63) is 59.1 Å². The number of hydrogen-bond acceptors (Lipinski definition) is 3. The largest absolute Gasteiger partial charge is 0.477 e. The number of carboxylic acids is 1. The van der Waals surface area contributed by atoms with Gasteiger partial charge in [0.2, 0.25) is 0 Å². The molecule has 1 fully saturated rings. The van der Waals surface area contributed by atoms with E-state index >= 15 is 0 Å². The molecule has 1 saturated heterocycles. The molecule has 0 aliphatic carbocycles. The van der Waals surface area contributed by atoms with Crippen molar-refractivity contribution in [3.63, 3.8) is 0 Å². The SMILES string of the molecule is O=C(O)C1=CCC2/C(=C\c3cn4c(n3)-c3ccccc3C4)C(=O)N12. The van der Waals surface area contributed by atoms with Crippen LogP contribution in [0.2, 0.25) is 0 Å². The monoisotopic (exact) mass is 319 g/mol. The quantitative estimate of drug-likeness (QED) is 0.578. The molecule has 0 radical (unpaired) electrons. The minimum atomic E-state index is -1.05. The molecule has 2 aromatic rings. The molecular weight excluding hydrogens is 306 g/mol. The first-order valence-electron chi connectivity index (χ1n) is 7.77. The minimum absolute atomic E-state index is 0.0865. The number of β-lactam (4-membered cyclic amide) rings is 1. The van der Waals surface area contributed by atoms with Gasteiger partial charge in [0, 0.05) is 23.9 Å². The predicted molar refractivity (Wildman–Crippen MR) is 85.7 cm³/mol. The van der Waals surface area contributed by atoms with E-state index in [1.165, 1.54) is 10.5 Å². The zero-order valence-electron chi connectivity index (χ0n) is 12.6. The molecule has 4 heterocycles. The summed E-state index contributed by atoms with van der Waals surface area (Å²) in [4.78, 5) is 29.4. The zero-order chi connectivity index (χ0) is 16.4. The summed E-state index contributed by atoms with van der Waals surface area (Å²) in [6.07, 6.45) is 5.89. The van der Waals surface area contributed by atoms with Crippen LogP contribution in [0.1, 0.15) is 17.7 Å². The fourth-order valence-corrected chi connectivity index (χ4v) is 3.74. The van der Waals surface area contributed by atoms with E-state index in [2.05, 4.69) is 15.6 Å². The number of imidazole rings is 1. The molecule has 1 amide bonds. The van der Waals surface area contributed by atoms with E-state index in [9.17, 15) is 9.59 Å². The van der Waals surface area contributed by atoms with Gasteiger partial charge in [-0.1, -0.05) is 30.3 Å². The van der Waals surface area contributed by atoms with Gasteiger partial charge in [-0.25, -0.2) is 9.78 Å². The molecule has 6 nitrogen and oxygen atoms in total. The third-order valence-electron chi connectivity index (χ3n) is 4.85. The maximum atomic E-state index is 12.3. The van der Waals surface area contributed by atoms with Crippen molar-refractivity contribution in [2.24, 2.45) is 0 Å². The Hall–Kier alpha value is -3.15. The number of carbonyl (C=O) groups is 2. The molecule has 0 spiro atoms. The van der Waals surface area contributed by atoms with Gasteiger partial charge in [0.05, 0.1) is 11.7 Å². The van der Waals surface area contributed by atoms with Gasteiger partial charge in [-0.2, -0.15) is 0 Å². The van der Waals surface area contributed by atoms with Gasteiger partial charge in [-0.3, -0.25) is 9.69 Å². The van der Waals surface area contributed by atoms with Crippen LogP contribution in [-0.2, 0) is 16.1 Å². The van der Waals surface area contributed by atoms with Crippen LogP contribution in [0.5, 0.6) is 0 Å². The summed E-state index contributed by atoms with van der Waals surface area (Å²) in [6, 6.07) is 7.99. The van der Waals surface area contributed by atoms with Gasteiger partial charge < -0.3 is 9.67 Å². The van der Waals surface area contributed by atoms with E-state index < -0.39 is 5.97 Å². The van der Waals surface area contributed by atoms with Crippen LogP contribution >= 0.6 is 0 Å². The third-order valence-corrected chi connectivity index (χ3v) is 4.85. The molecule has 1 unspecified atom stereocenters. The molecule has 1 aromatic heterocycles. The van der Waals surface area contributed by atoms with Gasteiger partial charge >= 0.3 is 5.97 Å². The van der Waals surface area contributed by atoms with Gasteiger partial charge in [0.25, 0.3) is 5.91 Å². The Morgan fingerprint density at radius 3 is 3.00 bits per heavy atom. The first-order valence-corrected chi connectivity index (χ1v) is 7.77. The second-order valence-electron chi connectivity index (χ2n) is 6.20. The number of aromatic nitrogens is 2. The van der Waals surface area contributed by atoms with E-state index in [1.807, 2.05) is 24.4 Å². The summed E-state index contributed by atoms with van der Waals surface area (Å²) in [5.74, 6) is -0.376. The Kier molecular flexibility index (Phi) is 2.46. The number of benzene rings is 1. The Morgan fingerprint density at radius 2 is 2.17 bits per heavy atom. The molecule has 118 valence electrons. The first kappa shape index (κ1) is 13.3. The fraction of sp³-hybridized carbons (Fsp3) is 0.167. The van der Waals surface area contributed by atoms with Crippen molar-refractivity contribution in [2.75, 3.05) is 0 Å². The van der Waals surface area contributed by atoms with Crippen LogP contribution in [0.4, 0.5) is 0 Å². The summed E-state index contributed by atoms with van der Waals surface area (Å²) >= 11 is 0. The normalized spacial score (nSPS) is 22.1. The molecule has 24 heavy (non-hydrogen) atoms. The van der Waals surface area contributed by atoms with E-state index in [1.54, 1.807) is 12.2 Å². The highest BCUT2D eigenvalue weighted by atomic mass is 16.4. The molecule has 1 atom stereocenters. The average Bonchev–Trinajstić information content (AvgIpc) is 3.22. The summed E-state index contributed by atoms with van der Waals surface area (Å²) in [7, 11) is 0. The maximum Gasteiger partial charge on any atom is 0.352 e. The first-order chi connectivity index (χ1) is 11.6. The summed E-state index contributed by atoms with van der Waals surface area (Å²) < 4.78 is 2.08. The van der Waals surface area contributed by atoms with Crippen molar-refractivity contribution in [1.29, 1.82) is 0 Å². The Balaban J connectivity index is 1.46. The molecule has 3 aliphatic heterocycles. The smallest absolute Gasteiger partial charge is 0.352 e. The molecule has 3 aliphatic rings. The average molecular weight is 319 g/mol. The number of carbonyl (C=O) groups excluding carboxylic acids is 1. The highest BCUT2D eigenvalue weighted by molar-refractivity contribution is 6.11. The van der Waals surface area contributed by atoms with Gasteiger partial charge in [-0.05, 0) is 18.1 Å². The highest BCUT2D eigenvalue weighted by Crippen LogP contribution is 2.39. The molecular formula is C18H13N3O3. The Labute approximate surface area is 137 Å². The standard InChI is InChI=1S/C18H13N3O3/c22-17-13(14-5-6-15(18(23)24)21(14)17)7-11-9-20-8-10-3-1-2-4-12(10)16(20)19-11/h1-4,6-7,9,14H,5,8H2,(H,23,24)/b13-7+. The van der Waals surface area contributed by atoms with Crippen molar-refractivity contribution < 1.29 is 14.7 Å². The number of carboxylic acid groups (broad SMARTS) is 1. The molecule has 1 aromatic carbocycles. The van der Waals surface area contributed by atoms with Gasteiger partial charge in [-0.15, -0.1) is 0 Å². The maximum absolute atomic E-state index is 12.3. The lowest BCUT2D eigenvalue weighted by Crippen LogP contribution is -2.52. The van der Waals surface area contributed by atoms with Crippen LogP contribution in [0, 0.1) is 0 Å². The lowest BCUT2D eigenvalue weighted by Gasteiger charge is -2.38. The van der Waals surface area contributed by atoms with Crippen LogP contribution in [0.3, 0.4) is 0 Å². The highest BCUT2D eigenvalue weighted by Gasteiger charge is 2.48. The van der Waals surface area contributed by atoms with Crippen molar-refractivity contribution in [2.45, 2.75) is 19.0 Å². The lowest BCUT2D eigenvalue weighted by atomic mass is 9.94. The number of nitrogens with zero attached hydrogens (tertiary/aromatic N) is 3. The van der Waals surface area contributed by atoms with Crippen molar-refractivity contribution in [3.8, 4) is 11.4 Å². The van der Waals surface area contributed by atoms with Gasteiger partial charge in [0.1, 0.15) is 11.5 Å². The number of amides is 1. The van der Waals surface area contributed by atoms with E-state index in [-0.39, 0.29) is 17.6 Å². The second kappa shape index (κ2) is 4.44. The molecule has 1 N–H and O–H groups in total. The van der Waals surface area contributed by atoms with Crippen LogP contribution in [0.25, 0.3) is 17.5 Å². The lowest BCUT2D eigenvalue weighted by molar-refractivity contribution is -0.142. The molecule has 0 bridgehead atoms. The van der Waals surface area contributed by atoms with Crippen LogP contribution in [-0.4, -0.2) is 37.5 Å². The van der Waals surface area contributed by atoms with Gasteiger partial charge in [0.15, 0.2) is 0 Å². The van der Waals surface area contributed by atoms with Crippen molar-refractivity contribution in [1.82, 2.24) is 14.5 Å². The van der Waals surface area contributed by atoms with Crippen LogP contribution in [0.15, 0.2) is 47.8 Å². The third kappa shape index (κ3) is 1.62. The number of fused-ring (bicyclic) bond motifs is 4. The number of rotatable bonds is 2. The summed E-state index contributed by atoms with van der Waals surface area (Å²) in [5, 5.41) is 9.10. The fourth-order valence-electron chi connectivity index (χ4n) is 3.74. The number of aliphatic carboxylic acids is 1. The Bertz CT molecular complexity index is 983. The van der Waals surface area contributed by atoms with E-state index in [4.69, 9.17) is 5.11 Å². The second-order valence-corrected chi connectivity index (χ2v) is 6.20. The number of hydrogen-bond donors (Lipinski definition) is 1. The van der Waals surface area contributed by atoms with Crippen molar-refractivity contribution >= 4 is 18.0 Å². The van der Waals surface area contributed by atoms with Crippen LogP contribution < -0.4 is 0 Å². The Morgan fingerprint density at radius 1 is 1.33 bits per heavy atom. The molecule has 0 saturated carbocycles.